The molecule has 3 heterocycles. The van der Waals surface area contributed by atoms with E-state index in [4.69, 9.17) is 4.74 Å². The van der Waals surface area contributed by atoms with Gasteiger partial charge in [0.15, 0.2) is 11.5 Å². The number of halogens is 3. The van der Waals surface area contributed by atoms with Crippen LogP contribution in [0.2, 0.25) is 0 Å². The van der Waals surface area contributed by atoms with Gasteiger partial charge in [-0.1, -0.05) is 0 Å². The van der Waals surface area contributed by atoms with Crippen LogP contribution in [0.3, 0.4) is 0 Å². The Bertz CT molecular complexity index is 1280. The number of benzene rings is 1. The van der Waals surface area contributed by atoms with Gasteiger partial charge in [-0.2, -0.15) is 0 Å². The molecule has 0 aliphatic carbocycles. The van der Waals surface area contributed by atoms with E-state index in [-0.39, 0.29) is 11.7 Å². The van der Waals surface area contributed by atoms with Gasteiger partial charge in [0.2, 0.25) is 0 Å². The van der Waals surface area contributed by atoms with Gasteiger partial charge in [-0.15, -0.1) is 23.4 Å². The van der Waals surface area contributed by atoms with Gasteiger partial charge in [-0.05, 0) is 68.3 Å². The Balaban J connectivity index is 1.45. The summed E-state index contributed by atoms with van der Waals surface area (Å²) in [6.07, 6.45) is -1.66. The zero-order valence-corrected chi connectivity index (χ0v) is 22.8. The van der Waals surface area contributed by atoms with Gasteiger partial charge >= 0.3 is 6.36 Å². The number of piperazine rings is 1. The van der Waals surface area contributed by atoms with Crippen LogP contribution in [0.1, 0.15) is 36.8 Å². The summed E-state index contributed by atoms with van der Waals surface area (Å²) in [6, 6.07) is 9.86. The van der Waals surface area contributed by atoms with E-state index < -0.39 is 6.36 Å². The molecule has 1 aliphatic rings. The first-order valence-electron chi connectivity index (χ1n) is 13.3. The molecule has 2 aromatic heterocycles. The summed E-state index contributed by atoms with van der Waals surface area (Å²) in [5.74, 6) is 0.786. The molecule has 1 saturated heterocycles. The van der Waals surface area contributed by atoms with Crippen molar-refractivity contribution < 1.29 is 27.4 Å². The third-order valence-corrected chi connectivity index (χ3v) is 6.58. The lowest BCUT2D eigenvalue weighted by Crippen LogP contribution is -2.46. The minimum Gasteiger partial charge on any atom is -0.492 e. The number of aromatic nitrogens is 3. The van der Waals surface area contributed by atoms with Crippen molar-refractivity contribution in [1.82, 2.24) is 25.0 Å². The van der Waals surface area contributed by atoms with Gasteiger partial charge in [-0.3, -0.25) is 14.7 Å². The highest BCUT2D eigenvalue weighted by Crippen LogP contribution is 2.31. The molecule has 0 spiro atoms. The molecular weight excluding hydrogens is 525 g/mol. The maximum absolute atomic E-state index is 13.1. The molecule has 0 unspecified atom stereocenters. The van der Waals surface area contributed by atoms with Crippen molar-refractivity contribution >= 4 is 11.7 Å². The van der Waals surface area contributed by atoms with Gasteiger partial charge in [0.25, 0.3) is 5.91 Å². The first-order valence-corrected chi connectivity index (χ1v) is 13.3. The van der Waals surface area contributed by atoms with Crippen LogP contribution in [-0.4, -0.2) is 83.1 Å². The number of amides is 1. The van der Waals surface area contributed by atoms with Crippen LogP contribution in [0.4, 0.5) is 19.0 Å². The average molecular weight is 559 g/mol. The Morgan fingerprint density at radius 3 is 2.27 bits per heavy atom. The lowest BCUT2D eigenvalue weighted by atomic mass is 10.0. The molecule has 1 amide bonds. The lowest BCUT2D eigenvalue weighted by molar-refractivity contribution is -0.274. The van der Waals surface area contributed by atoms with Crippen molar-refractivity contribution in [3.8, 4) is 22.6 Å². The number of nitrogens with zero attached hydrogens (tertiary/aromatic N) is 6. The second kappa shape index (κ2) is 12.9. The van der Waals surface area contributed by atoms with Crippen molar-refractivity contribution in [2.75, 3.05) is 50.8 Å². The zero-order valence-electron chi connectivity index (χ0n) is 22.8. The highest BCUT2D eigenvalue weighted by atomic mass is 19.4. The molecule has 0 saturated carbocycles. The van der Waals surface area contributed by atoms with E-state index in [0.717, 1.165) is 0 Å². The van der Waals surface area contributed by atoms with Crippen LogP contribution in [0.5, 0.6) is 11.5 Å². The standard InChI is InChI=1S/C28H33F3N6O3/c1-4-36(5-2)27(38)25-7-8-26(34-33-25)37-11-9-35(10-12-37)19-20-13-21(15-23(14-20)40-28(29,30)31)22-16-24(39-6-3)18-32-17-22/h7-8,13-18H,4-6,9-12,19H2,1-3H3. The Labute approximate surface area is 231 Å². The van der Waals surface area contributed by atoms with E-state index in [9.17, 15) is 18.0 Å². The predicted molar refractivity (Wildman–Crippen MR) is 144 cm³/mol. The quantitative estimate of drug-likeness (QED) is 0.356. The van der Waals surface area contributed by atoms with Crippen molar-refractivity contribution in [3.05, 3.63) is 60.0 Å². The Kier molecular flexibility index (Phi) is 9.41. The highest BCUT2D eigenvalue weighted by Gasteiger charge is 2.31. The van der Waals surface area contributed by atoms with Crippen LogP contribution >= 0.6 is 0 Å². The first kappa shape index (κ1) is 29.1. The number of alkyl halides is 3. The highest BCUT2D eigenvalue weighted by molar-refractivity contribution is 5.92. The minimum atomic E-state index is -4.81. The van der Waals surface area contributed by atoms with E-state index in [0.29, 0.717) is 86.4 Å². The van der Waals surface area contributed by atoms with E-state index >= 15 is 0 Å². The van der Waals surface area contributed by atoms with Crippen molar-refractivity contribution in [1.29, 1.82) is 0 Å². The topological polar surface area (TPSA) is 83.9 Å². The number of ether oxygens (including phenoxy) is 2. The summed E-state index contributed by atoms with van der Waals surface area (Å²) in [5, 5.41) is 8.40. The molecule has 1 fully saturated rings. The molecule has 3 aromatic rings. The van der Waals surface area contributed by atoms with E-state index in [1.807, 2.05) is 26.8 Å². The third kappa shape index (κ3) is 7.59. The van der Waals surface area contributed by atoms with Gasteiger partial charge in [0.1, 0.15) is 11.5 Å². The second-order valence-corrected chi connectivity index (χ2v) is 9.27. The average Bonchev–Trinajstić information content (AvgIpc) is 2.93. The number of pyridine rings is 1. The predicted octanol–water partition coefficient (Wildman–Crippen LogP) is 4.64. The Hall–Kier alpha value is -3.93. The lowest BCUT2D eigenvalue weighted by Gasteiger charge is -2.35. The summed E-state index contributed by atoms with van der Waals surface area (Å²) in [5.41, 5.74) is 2.18. The Morgan fingerprint density at radius 2 is 1.65 bits per heavy atom. The van der Waals surface area contributed by atoms with Crippen LogP contribution in [-0.2, 0) is 6.54 Å². The summed E-state index contributed by atoms with van der Waals surface area (Å²) in [4.78, 5) is 22.6. The van der Waals surface area contributed by atoms with Crippen LogP contribution in [0, 0.1) is 0 Å². The van der Waals surface area contributed by atoms with Crippen molar-refractivity contribution in [2.24, 2.45) is 0 Å². The van der Waals surface area contributed by atoms with Crippen LogP contribution < -0.4 is 14.4 Å². The van der Waals surface area contributed by atoms with Gasteiger partial charge < -0.3 is 19.3 Å². The fourth-order valence-electron chi connectivity index (χ4n) is 4.61. The van der Waals surface area contributed by atoms with E-state index in [1.54, 1.807) is 35.5 Å². The van der Waals surface area contributed by atoms with Gasteiger partial charge in [0, 0.05) is 57.6 Å². The number of rotatable bonds is 10. The molecule has 214 valence electrons. The minimum absolute atomic E-state index is 0.148. The normalized spacial score (nSPS) is 14.2. The fraction of sp³-hybridized carbons (Fsp3) is 0.429. The molecule has 4 rings (SSSR count). The molecule has 9 nitrogen and oxygen atoms in total. The maximum Gasteiger partial charge on any atom is 0.573 e. The largest absolute Gasteiger partial charge is 0.573 e. The number of carbonyl (C=O) groups excluding carboxylic acids is 1. The van der Waals surface area contributed by atoms with E-state index in [1.165, 1.54) is 12.1 Å². The molecule has 12 heteroatoms. The molecule has 40 heavy (non-hydrogen) atoms. The number of hydrogen-bond donors (Lipinski definition) is 0. The SMILES string of the molecule is CCOc1cncc(-c2cc(CN3CCN(c4ccc(C(=O)N(CC)CC)nn4)CC3)cc(OC(F)(F)F)c2)c1. The molecule has 0 atom stereocenters. The molecular formula is C28H33F3N6O3. The zero-order chi connectivity index (χ0) is 28.7. The maximum atomic E-state index is 13.1. The summed E-state index contributed by atoms with van der Waals surface area (Å²) < 4.78 is 49.0. The summed E-state index contributed by atoms with van der Waals surface area (Å²) in [6.45, 7) is 10.4. The molecule has 1 aromatic carbocycles. The number of hydrogen-bond acceptors (Lipinski definition) is 8. The third-order valence-electron chi connectivity index (χ3n) is 6.58. The first-order chi connectivity index (χ1) is 19.2. The monoisotopic (exact) mass is 558 g/mol. The number of anilines is 1. The van der Waals surface area contributed by atoms with Crippen molar-refractivity contribution in [2.45, 2.75) is 33.7 Å². The molecule has 0 N–H and O–H groups in total. The van der Waals surface area contributed by atoms with Crippen LogP contribution in [0.25, 0.3) is 11.1 Å². The number of carbonyl (C=O) groups is 1. The fourth-order valence-corrected chi connectivity index (χ4v) is 4.61. The van der Waals surface area contributed by atoms with Gasteiger partial charge in [-0.25, -0.2) is 0 Å². The molecule has 1 aliphatic heterocycles. The van der Waals surface area contributed by atoms with Crippen LogP contribution in [0.15, 0.2) is 48.8 Å². The summed E-state index contributed by atoms with van der Waals surface area (Å²) in [7, 11) is 0. The van der Waals surface area contributed by atoms with Gasteiger partial charge in [0.05, 0.1) is 12.8 Å². The molecule has 0 radical (unpaired) electrons. The summed E-state index contributed by atoms with van der Waals surface area (Å²) >= 11 is 0. The smallest absolute Gasteiger partial charge is 0.492 e. The van der Waals surface area contributed by atoms with E-state index in [2.05, 4.69) is 29.7 Å². The Morgan fingerprint density at radius 1 is 0.925 bits per heavy atom. The second-order valence-electron chi connectivity index (χ2n) is 9.27. The molecule has 0 bridgehead atoms. The van der Waals surface area contributed by atoms with Crippen molar-refractivity contribution in [3.63, 3.8) is 0 Å².